The Bertz CT molecular complexity index is 834. The van der Waals surface area contributed by atoms with Crippen LogP contribution < -0.4 is 0 Å². The first kappa shape index (κ1) is 13.7. The van der Waals surface area contributed by atoms with E-state index < -0.39 is 5.82 Å². The molecule has 3 aromatic rings. The first-order chi connectivity index (χ1) is 9.54. The van der Waals surface area contributed by atoms with Gasteiger partial charge in [-0.1, -0.05) is 11.6 Å². The Morgan fingerprint density at radius 1 is 1.50 bits per heavy atom. The molecule has 2 aromatic heterocycles. The van der Waals surface area contributed by atoms with Gasteiger partial charge in [0.1, 0.15) is 5.82 Å². The zero-order chi connectivity index (χ0) is 14.3. The predicted octanol–water partition coefficient (Wildman–Crippen LogP) is 4.50. The van der Waals surface area contributed by atoms with Crippen LogP contribution in [0.2, 0.25) is 5.02 Å². The highest BCUT2D eigenvalue weighted by atomic mass is 35.5. The van der Waals surface area contributed by atoms with E-state index >= 15 is 0 Å². The van der Waals surface area contributed by atoms with Gasteiger partial charge in [0, 0.05) is 30.1 Å². The van der Waals surface area contributed by atoms with Crippen LogP contribution in [0.4, 0.5) is 4.39 Å². The maximum absolute atomic E-state index is 13.4. The summed E-state index contributed by atoms with van der Waals surface area (Å²) in [7, 11) is 0. The molecule has 0 saturated carbocycles. The lowest BCUT2D eigenvalue weighted by Crippen LogP contribution is -2.01. The fourth-order valence-corrected chi connectivity index (χ4v) is 3.32. The van der Waals surface area contributed by atoms with Crippen molar-refractivity contribution >= 4 is 46.2 Å². The fraction of sp³-hybridized carbons (Fsp3) is 0.231. The van der Waals surface area contributed by atoms with E-state index in [2.05, 4.69) is 9.97 Å². The van der Waals surface area contributed by atoms with Crippen molar-refractivity contribution in [1.29, 1.82) is 0 Å². The van der Waals surface area contributed by atoms with Crippen LogP contribution in [0.5, 0.6) is 0 Å². The zero-order valence-electron chi connectivity index (χ0n) is 10.6. The molecule has 0 amide bonds. The number of halogens is 2. The number of fused-ring (bicyclic) bond motifs is 1. The molecule has 0 aliphatic carbocycles. The summed E-state index contributed by atoms with van der Waals surface area (Å²) in [5.74, 6) is -0.446. The largest absolute Gasteiger partial charge is 0.330 e. The number of aromatic amines is 1. The minimum atomic E-state index is -0.446. The van der Waals surface area contributed by atoms with Gasteiger partial charge in [-0.3, -0.25) is 0 Å². The van der Waals surface area contributed by atoms with Crippen molar-refractivity contribution in [2.24, 2.45) is 0 Å². The summed E-state index contributed by atoms with van der Waals surface area (Å²) in [5, 5.41) is 3.19. The van der Waals surface area contributed by atoms with Crippen LogP contribution in [-0.4, -0.2) is 14.5 Å². The number of aromatic nitrogens is 3. The molecule has 0 bridgehead atoms. The minimum Gasteiger partial charge on any atom is -0.330 e. The first-order valence-corrected chi connectivity index (χ1v) is 7.70. The van der Waals surface area contributed by atoms with E-state index in [-0.39, 0.29) is 5.02 Å². The molecule has 0 spiro atoms. The van der Waals surface area contributed by atoms with Crippen molar-refractivity contribution in [3.8, 4) is 0 Å². The van der Waals surface area contributed by atoms with Crippen LogP contribution >= 0.6 is 35.2 Å². The Kier molecular flexibility index (Phi) is 3.62. The highest BCUT2D eigenvalue weighted by Gasteiger charge is 2.09. The van der Waals surface area contributed by atoms with Crippen molar-refractivity contribution in [3.05, 3.63) is 43.8 Å². The number of thiazole rings is 1. The molecule has 3 nitrogen and oxygen atoms in total. The number of nitrogens with zero attached hydrogens (tertiary/aromatic N) is 2. The van der Waals surface area contributed by atoms with E-state index in [4.69, 9.17) is 23.8 Å². The number of hydrogen-bond acceptors (Lipinski definition) is 3. The number of rotatable bonds is 3. The summed E-state index contributed by atoms with van der Waals surface area (Å²) >= 11 is 12.8. The van der Waals surface area contributed by atoms with Gasteiger partial charge >= 0.3 is 0 Å². The third-order valence-electron chi connectivity index (χ3n) is 3.03. The van der Waals surface area contributed by atoms with Gasteiger partial charge in [-0.25, -0.2) is 9.37 Å². The maximum atomic E-state index is 13.4. The van der Waals surface area contributed by atoms with Crippen LogP contribution in [0.3, 0.4) is 0 Å². The van der Waals surface area contributed by atoms with Gasteiger partial charge in [-0.2, -0.15) is 0 Å². The lowest BCUT2D eigenvalue weighted by Gasteiger charge is -2.03. The summed E-state index contributed by atoms with van der Waals surface area (Å²) in [6.45, 7) is 2.66. The van der Waals surface area contributed by atoms with E-state index in [0.29, 0.717) is 16.8 Å². The second kappa shape index (κ2) is 5.27. The summed E-state index contributed by atoms with van der Waals surface area (Å²) in [6, 6.07) is 2.98. The standard InChI is InChI=1S/C13H11ClFN3S2/c1-7-6-20-12(16-7)2-3-18-11-4-8(14)9(15)5-10(11)17-13(18)19/h4-6H,2-3H2,1H3,(H,17,19). The number of hydrogen-bond donors (Lipinski definition) is 1. The van der Waals surface area contributed by atoms with Crippen LogP contribution in [0, 0.1) is 17.5 Å². The Morgan fingerprint density at radius 3 is 3.00 bits per heavy atom. The molecule has 0 aliphatic rings. The molecule has 0 aliphatic heterocycles. The Hall–Kier alpha value is -1.24. The highest BCUT2D eigenvalue weighted by Crippen LogP contribution is 2.23. The molecular weight excluding hydrogens is 317 g/mol. The van der Waals surface area contributed by atoms with Gasteiger partial charge in [-0.05, 0) is 25.2 Å². The molecule has 7 heteroatoms. The zero-order valence-corrected chi connectivity index (χ0v) is 13.0. The molecule has 0 saturated heterocycles. The van der Waals surface area contributed by atoms with Crippen molar-refractivity contribution < 1.29 is 4.39 Å². The quantitative estimate of drug-likeness (QED) is 0.719. The number of nitrogens with one attached hydrogen (secondary N) is 1. The third-order valence-corrected chi connectivity index (χ3v) is 4.67. The predicted molar refractivity (Wildman–Crippen MR) is 82.6 cm³/mol. The van der Waals surface area contributed by atoms with Gasteiger partial charge < -0.3 is 9.55 Å². The van der Waals surface area contributed by atoms with Crippen LogP contribution in [-0.2, 0) is 13.0 Å². The highest BCUT2D eigenvalue weighted by molar-refractivity contribution is 7.71. The summed E-state index contributed by atoms with van der Waals surface area (Å²) in [6.07, 6.45) is 0.786. The average Bonchev–Trinajstić information content (AvgIpc) is 2.92. The smallest absolute Gasteiger partial charge is 0.178 e. The number of imidazole rings is 1. The van der Waals surface area contributed by atoms with E-state index in [1.165, 1.54) is 6.07 Å². The van der Waals surface area contributed by atoms with Crippen LogP contribution in [0.1, 0.15) is 10.7 Å². The lowest BCUT2D eigenvalue weighted by molar-refractivity contribution is 0.629. The van der Waals surface area contributed by atoms with Crippen molar-refractivity contribution in [3.63, 3.8) is 0 Å². The number of benzene rings is 1. The molecule has 1 aromatic carbocycles. The Balaban J connectivity index is 1.96. The number of H-pyrrole nitrogens is 1. The van der Waals surface area contributed by atoms with Crippen molar-refractivity contribution in [1.82, 2.24) is 14.5 Å². The van der Waals surface area contributed by atoms with E-state index in [1.807, 2.05) is 16.9 Å². The summed E-state index contributed by atoms with van der Waals surface area (Å²) in [4.78, 5) is 7.43. The van der Waals surface area contributed by atoms with Gasteiger partial charge in [0.15, 0.2) is 4.77 Å². The van der Waals surface area contributed by atoms with Crippen molar-refractivity contribution in [2.45, 2.75) is 19.9 Å². The second-order valence-electron chi connectivity index (χ2n) is 4.50. The first-order valence-electron chi connectivity index (χ1n) is 6.03. The molecule has 1 N–H and O–H groups in total. The van der Waals surface area contributed by atoms with E-state index in [0.717, 1.165) is 22.6 Å². The molecule has 0 atom stereocenters. The second-order valence-corrected chi connectivity index (χ2v) is 6.23. The maximum Gasteiger partial charge on any atom is 0.178 e. The molecule has 0 radical (unpaired) electrons. The molecule has 3 rings (SSSR count). The normalized spacial score (nSPS) is 11.3. The lowest BCUT2D eigenvalue weighted by atomic mass is 10.3. The summed E-state index contributed by atoms with van der Waals surface area (Å²) < 4.78 is 15.9. The average molecular weight is 328 g/mol. The minimum absolute atomic E-state index is 0.102. The van der Waals surface area contributed by atoms with Crippen LogP contribution in [0.15, 0.2) is 17.5 Å². The molecule has 2 heterocycles. The number of aryl methyl sites for hydroxylation is 3. The van der Waals surface area contributed by atoms with Gasteiger partial charge in [-0.15, -0.1) is 11.3 Å². The van der Waals surface area contributed by atoms with Gasteiger partial charge in [0.05, 0.1) is 21.1 Å². The van der Waals surface area contributed by atoms with Gasteiger partial charge in [0.25, 0.3) is 0 Å². The molecule has 0 fully saturated rings. The monoisotopic (exact) mass is 327 g/mol. The van der Waals surface area contributed by atoms with E-state index in [1.54, 1.807) is 17.4 Å². The Labute approximate surface area is 129 Å². The SMILES string of the molecule is Cc1csc(CCn2c(=S)[nH]c3cc(F)c(Cl)cc32)n1. The summed E-state index contributed by atoms with van der Waals surface area (Å²) in [5.41, 5.74) is 2.50. The molecular formula is C13H11ClFN3S2. The van der Waals surface area contributed by atoms with E-state index in [9.17, 15) is 4.39 Å². The third kappa shape index (κ3) is 2.51. The Morgan fingerprint density at radius 2 is 2.30 bits per heavy atom. The van der Waals surface area contributed by atoms with Crippen LogP contribution in [0.25, 0.3) is 11.0 Å². The van der Waals surface area contributed by atoms with Crippen molar-refractivity contribution in [2.75, 3.05) is 0 Å². The van der Waals surface area contributed by atoms with Gasteiger partial charge in [0.2, 0.25) is 0 Å². The molecule has 0 unspecified atom stereocenters. The molecule has 20 heavy (non-hydrogen) atoms. The topological polar surface area (TPSA) is 33.6 Å². The fourth-order valence-electron chi connectivity index (χ4n) is 2.10. The molecule has 104 valence electrons.